The number of nitrogens with zero attached hydrogens (tertiary/aromatic N) is 7. The van der Waals surface area contributed by atoms with Crippen molar-refractivity contribution in [1.82, 2.24) is 19.8 Å². The Morgan fingerprint density at radius 2 is 1.50 bits per heavy atom. The first kappa shape index (κ1) is 38.5. The van der Waals surface area contributed by atoms with Crippen molar-refractivity contribution < 1.29 is 39.9 Å². The lowest BCUT2D eigenvalue weighted by molar-refractivity contribution is -0.137. The number of hydrogen-bond acceptors (Lipinski definition) is 8. The Labute approximate surface area is 285 Å². The number of halogens is 8. The van der Waals surface area contributed by atoms with Gasteiger partial charge in [-0.15, -0.1) is 5.10 Å². The van der Waals surface area contributed by atoms with Gasteiger partial charge in [-0.25, -0.2) is 17.6 Å². The van der Waals surface area contributed by atoms with E-state index < -0.39 is 30.2 Å². The van der Waals surface area contributed by atoms with Crippen LogP contribution in [0.5, 0.6) is 5.75 Å². The van der Waals surface area contributed by atoms with Crippen LogP contribution in [0.1, 0.15) is 46.2 Å². The van der Waals surface area contributed by atoms with Gasteiger partial charge in [0.1, 0.15) is 12.3 Å². The SMILES string of the molecule is CF.COc1ccc(CN2CCN(C)CC2)cc1-c1ccc(C(F)F)cc1CN(Cc1cc(C(F)F)cc(C(F)(F)F)c1)C1=NN(C)N=NC1. The topological polar surface area (TPSA) is 59.3 Å². The fourth-order valence-electron chi connectivity index (χ4n) is 5.80. The van der Waals surface area contributed by atoms with Crippen LogP contribution in [0.25, 0.3) is 11.1 Å². The summed E-state index contributed by atoms with van der Waals surface area (Å²) >= 11 is 0. The summed E-state index contributed by atoms with van der Waals surface area (Å²) in [5.74, 6) is 0.755. The van der Waals surface area contributed by atoms with Crippen LogP contribution in [0.2, 0.25) is 0 Å². The molecule has 50 heavy (non-hydrogen) atoms. The highest BCUT2D eigenvalue weighted by atomic mass is 19.4. The van der Waals surface area contributed by atoms with Crippen molar-refractivity contribution in [2.45, 2.75) is 38.7 Å². The van der Waals surface area contributed by atoms with Gasteiger partial charge in [0.25, 0.3) is 12.9 Å². The van der Waals surface area contributed by atoms with Crippen LogP contribution in [0, 0.1) is 0 Å². The molecule has 0 atom stereocenters. The summed E-state index contributed by atoms with van der Waals surface area (Å²) in [5.41, 5.74) is 0.250. The Bertz CT molecular complexity index is 1640. The minimum Gasteiger partial charge on any atom is -0.496 e. The van der Waals surface area contributed by atoms with Crippen molar-refractivity contribution >= 4 is 5.84 Å². The van der Waals surface area contributed by atoms with Gasteiger partial charge in [0.15, 0.2) is 5.84 Å². The van der Waals surface area contributed by atoms with Gasteiger partial charge < -0.3 is 14.5 Å². The molecule has 0 aromatic heterocycles. The highest BCUT2D eigenvalue weighted by Crippen LogP contribution is 2.37. The molecule has 0 unspecified atom stereocenters. The fourth-order valence-corrected chi connectivity index (χ4v) is 5.80. The van der Waals surface area contributed by atoms with Crippen LogP contribution in [0.3, 0.4) is 0 Å². The number of ether oxygens (including phenoxy) is 1. The molecule has 2 aliphatic rings. The van der Waals surface area contributed by atoms with Crippen LogP contribution < -0.4 is 4.74 Å². The van der Waals surface area contributed by atoms with E-state index in [0.717, 1.165) is 49.0 Å². The number of likely N-dealkylation sites (N-methyl/N-ethyl adjacent to an activating group) is 1. The molecule has 272 valence electrons. The van der Waals surface area contributed by atoms with Crippen LogP contribution >= 0.6 is 0 Å². The van der Waals surface area contributed by atoms with E-state index in [1.807, 2.05) is 18.2 Å². The molecule has 0 saturated carbocycles. The molecule has 0 N–H and O–H groups in total. The van der Waals surface area contributed by atoms with E-state index in [4.69, 9.17) is 4.74 Å². The van der Waals surface area contributed by atoms with Crippen LogP contribution in [-0.4, -0.2) is 86.8 Å². The zero-order valence-electron chi connectivity index (χ0n) is 28.1. The molecular weight excluding hydrogens is 674 g/mol. The molecule has 0 aliphatic carbocycles. The Morgan fingerprint density at radius 3 is 2.12 bits per heavy atom. The lowest BCUT2D eigenvalue weighted by atomic mass is 9.94. The molecule has 0 amide bonds. The van der Waals surface area contributed by atoms with E-state index in [-0.39, 0.29) is 36.6 Å². The highest BCUT2D eigenvalue weighted by Gasteiger charge is 2.32. The van der Waals surface area contributed by atoms with Crippen LogP contribution in [0.4, 0.5) is 35.1 Å². The molecule has 2 aliphatic heterocycles. The predicted octanol–water partition coefficient (Wildman–Crippen LogP) is 8.22. The Hall–Kier alpha value is -4.31. The highest BCUT2D eigenvalue weighted by molar-refractivity contribution is 5.85. The van der Waals surface area contributed by atoms with Gasteiger partial charge in [-0.3, -0.25) is 9.29 Å². The molecule has 16 heteroatoms. The number of methoxy groups -OCH3 is 1. The number of piperazine rings is 1. The summed E-state index contributed by atoms with van der Waals surface area (Å²) in [6.45, 7) is 3.81. The maximum absolute atomic E-state index is 14.1. The third kappa shape index (κ3) is 9.90. The number of hydrazone groups is 1. The lowest BCUT2D eigenvalue weighted by Crippen LogP contribution is -2.43. The fraction of sp³-hybridized carbons (Fsp3) is 0.441. The number of rotatable bonds is 10. The van der Waals surface area contributed by atoms with Crippen molar-refractivity contribution in [1.29, 1.82) is 0 Å². The Kier molecular flexibility index (Phi) is 13.1. The third-order valence-corrected chi connectivity index (χ3v) is 8.30. The maximum atomic E-state index is 14.1. The summed E-state index contributed by atoms with van der Waals surface area (Å²) < 4.78 is 112. The average molecular weight is 714 g/mol. The van der Waals surface area contributed by atoms with Crippen molar-refractivity contribution in [3.05, 3.63) is 88.0 Å². The van der Waals surface area contributed by atoms with Gasteiger partial charge in [0, 0.05) is 62.5 Å². The summed E-state index contributed by atoms with van der Waals surface area (Å²) in [4.78, 5) is 6.11. The molecule has 3 aromatic carbocycles. The second-order valence-electron chi connectivity index (χ2n) is 11.8. The summed E-state index contributed by atoms with van der Waals surface area (Å²) in [7, 11) is 5.57. The quantitative estimate of drug-likeness (QED) is 0.198. The van der Waals surface area contributed by atoms with Crippen molar-refractivity contribution in [2.24, 2.45) is 15.4 Å². The molecular formula is C34H39F8N7O. The summed E-state index contributed by atoms with van der Waals surface area (Å²) in [6.07, 6.45) is -10.8. The van der Waals surface area contributed by atoms with Gasteiger partial charge >= 0.3 is 6.18 Å². The number of alkyl halides is 8. The third-order valence-electron chi connectivity index (χ3n) is 8.30. The molecule has 1 saturated heterocycles. The average Bonchev–Trinajstić information content (AvgIpc) is 3.09. The Morgan fingerprint density at radius 1 is 0.800 bits per heavy atom. The lowest BCUT2D eigenvalue weighted by Gasteiger charge is -2.32. The van der Waals surface area contributed by atoms with Gasteiger partial charge in [-0.2, -0.15) is 23.4 Å². The standard InChI is InChI=1S/C33H36F7N7O.CH3F/c1-44-8-10-46(11-9-44)18-21-4-7-29(48-3)28(14-21)27-6-5-23(31(34)35)15-25(27)20-47(30-17-41-43-45(2)42-30)19-22-12-24(32(36)37)16-26(13-22)33(38,39)40;1-2/h4-7,12-16,31-32H,8-11,17-20H2,1-3H3;1H3. The molecule has 3 aromatic rings. The van der Waals surface area contributed by atoms with Gasteiger partial charge in [0.05, 0.1) is 26.9 Å². The van der Waals surface area contributed by atoms with Gasteiger partial charge in [0.2, 0.25) is 0 Å². The molecule has 8 nitrogen and oxygen atoms in total. The summed E-state index contributed by atoms with van der Waals surface area (Å²) in [6, 6.07) is 12.2. The largest absolute Gasteiger partial charge is 0.496 e. The molecule has 0 radical (unpaired) electrons. The maximum Gasteiger partial charge on any atom is 0.416 e. The van der Waals surface area contributed by atoms with E-state index >= 15 is 0 Å². The summed E-state index contributed by atoms with van der Waals surface area (Å²) in [5, 5.41) is 13.3. The van der Waals surface area contributed by atoms with Gasteiger partial charge in [-0.1, -0.05) is 23.4 Å². The van der Waals surface area contributed by atoms with Crippen molar-refractivity contribution in [2.75, 3.05) is 61.1 Å². The zero-order chi connectivity index (χ0) is 36.6. The number of hydrogen-bond donors (Lipinski definition) is 0. The molecule has 0 spiro atoms. The van der Waals surface area contributed by atoms with Crippen LogP contribution in [-0.2, 0) is 25.8 Å². The predicted molar refractivity (Wildman–Crippen MR) is 174 cm³/mol. The second kappa shape index (κ2) is 17.1. The molecule has 5 rings (SSSR count). The van der Waals surface area contributed by atoms with Crippen molar-refractivity contribution in [3.8, 4) is 16.9 Å². The van der Waals surface area contributed by atoms with E-state index in [0.29, 0.717) is 42.2 Å². The number of amidine groups is 1. The first-order chi connectivity index (χ1) is 23.8. The van der Waals surface area contributed by atoms with E-state index in [9.17, 15) is 35.1 Å². The normalized spacial score (nSPS) is 15.6. The van der Waals surface area contributed by atoms with Crippen molar-refractivity contribution in [3.63, 3.8) is 0 Å². The van der Waals surface area contributed by atoms with E-state index in [2.05, 4.69) is 32.3 Å². The first-order valence-electron chi connectivity index (χ1n) is 15.6. The zero-order valence-corrected chi connectivity index (χ0v) is 28.1. The molecule has 2 heterocycles. The molecule has 0 bridgehead atoms. The van der Waals surface area contributed by atoms with Crippen LogP contribution in [0.15, 0.2) is 70.0 Å². The monoisotopic (exact) mass is 713 g/mol. The van der Waals surface area contributed by atoms with Gasteiger partial charge in [-0.05, 0) is 65.7 Å². The minimum absolute atomic E-state index is 0.0636. The minimum atomic E-state index is -4.87. The Balaban J connectivity index is 0.00000276. The van der Waals surface area contributed by atoms with E-state index in [1.54, 1.807) is 6.07 Å². The molecule has 1 fully saturated rings. The second-order valence-corrected chi connectivity index (χ2v) is 11.8. The first-order valence-corrected chi connectivity index (χ1v) is 15.6. The smallest absolute Gasteiger partial charge is 0.416 e. The van der Waals surface area contributed by atoms with E-state index in [1.165, 1.54) is 31.2 Å². The number of benzene rings is 3.